The lowest BCUT2D eigenvalue weighted by Crippen LogP contribution is -2.63. The predicted molar refractivity (Wildman–Crippen MR) is 76.1 cm³/mol. The van der Waals surface area contributed by atoms with Gasteiger partial charge in [-0.25, -0.2) is 4.79 Å². The van der Waals surface area contributed by atoms with E-state index in [1.165, 1.54) is 4.90 Å². The van der Waals surface area contributed by atoms with E-state index in [0.717, 1.165) is 12.0 Å². The van der Waals surface area contributed by atoms with E-state index < -0.39 is 18.1 Å². The van der Waals surface area contributed by atoms with E-state index >= 15 is 0 Å². The number of benzene rings is 1. The van der Waals surface area contributed by atoms with Gasteiger partial charge in [0.2, 0.25) is 0 Å². The van der Waals surface area contributed by atoms with E-state index in [1.54, 1.807) is 0 Å². The third kappa shape index (κ3) is 3.03. The number of carbonyl (C=O) groups is 2. The summed E-state index contributed by atoms with van der Waals surface area (Å²) in [5.41, 5.74) is 7.16. The van der Waals surface area contributed by atoms with Crippen molar-refractivity contribution in [2.75, 3.05) is 6.54 Å². The highest BCUT2D eigenvalue weighted by Gasteiger charge is 2.35. The molecule has 106 valence electrons. The Balaban J connectivity index is 2.19. The molecule has 1 aromatic rings. The van der Waals surface area contributed by atoms with Crippen LogP contribution >= 0.6 is 0 Å². The van der Waals surface area contributed by atoms with Gasteiger partial charge in [0.25, 0.3) is 5.91 Å². The minimum atomic E-state index is -0.803. The van der Waals surface area contributed by atoms with Crippen molar-refractivity contribution in [3.63, 3.8) is 0 Å². The highest BCUT2D eigenvalue weighted by molar-refractivity contribution is 6.44. The van der Waals surface area contributed by atoms with Crippen LogP contribution in [-0.4, -0.2) is 35.3 Å². The van der Waals surface area contributed by atoms with Crippen molar-refractivity contribution in [1.29, 1.82) is 0 Å². The van der Waals surface area contributed by atoms with Gasteiger partial charge in [0, 0.05) is 13.1 Å². The summed E-state index contributed by atoms with van der Waals surface area (Å²) in [7, 11) is 0. The molecule has 0 aromatic heterocycles. The molecule has 1 heterocycles. The molecule has 1 aliphatic rings. The standard InChI is InChI=1S/C14H18N4O2/c1-2-8-16-11-12(15)18(14(20)17-13(11)19)9-10-6-4-3-5-7-10/h3-7,12H,2,8-9,15H2,1H3,(H,17,19,20). The van der Waals surface area contributed by atoms with Crippen LogP contribution in [0.2, 0.25) is 0 Å². The first kappa shape index (κ1) is 14.2. The van der Waals surface area contributed by atoms with E-state index in [2.05, 4.69) is 10.3 Å². The Morgan fingerprint density at radius 2 is 2.00 bits per heavy atom. The van der Waals surface area contributed by atoms with Gasteiger partial charge >= 0.3 is 6.03 Å². The van der Waals surface area contributed by atoms with Gasteiger partial charge in [-0.15, -0.1) is 0 Å². The molecule has 2 rings (SSSR count). The number of rotatable bonds is 4. The van der Waals surface area contributed by atoms with Crippen LogP contribution in [0.15, 0.2) is 35.3 Å². The average molecular weight is 274 g/mol. The van der Waals surface area contributed by atoms with Gasteiger partial charge in [0.1, 0.15) is 11.9 Å². The molecule has 0 bridgehead atoms. The summed E-state index contributed by atoms with van der Waals surface area (Å²) in [5.74, 6) is -0.500. The molecule has 1 aromatic carbocycles. The molecular weight excluding hydrogens is 256 g/mol. The van der Waals surface area contributed by atoms with Crippen LogP contribution in [-0.2, 0) is 11.3 Å². The molecule has 6 nitrogen and oxygen atoms in total. The number of nitrogens with two attached hydrogens (primary N) is 1. The average Bonchev–Trinajstić information content (AvgIpc) is 2.44. The van der Waals surface area contributed by atoms with Crippen LogP contribution < -0.4 is 11.1 Å². The van der Waals surface area contributed by atoms with E-state index in [4.69, 9.17) is 5.73 Å². The van der Waals surface area contributed by atoms with Crippen LogP contribution in [0.25, 0.3) is 0 Å². The van der Waals surface area contributed by atoms with E-state index in [1.807, 2.05) is 37.3 Å². The number of hydrogen-bond acceptors (Lipinski definition) is 4. The second kappa shape index (κ2) is 6.29. The largest absolute Gasteiger partial charge is 0.326 e. The quantitative estimate of drug-likeness (QED) is 0.854. The molecule has 1 unspecified atom stereocenters. The molecule has 1 atom stereocenters. The van der Waals surface area contributed by atoms with Gasteiger partial charge in [0.15, 0.2) is 0 Å². The van der Waals surface area contributed by atoms with E-state index in [0.29, 0.717) is 13.1 Å². The first-order valence-electron chi connectivity index (χ1n) is 6.59. The summed E-state index contributed by atoms with van der Waals surface area (Å²) in [6.45, 7) is 2.82. The third-order valence-electron chi connectivity index (χ3n) is 3.03. The van der Waals surface area contributed by atoms with Crippen molar-refractivity contribution in [2.45, 2.75) is 26.1 Å². The summed E-state index contributed by atoms with van der Waals surface area (Å²) in [5, 5.41) is 2.28. The van der Waals surface area contributed by atoms with Crippen LogP contribution in [0.5, 0.6) is 0 Å². The number of urea groups is 1. The summed E-state index contributed by atoms with van der Waals surface area (Å²) >= 11 is 0. The van der Waals surface area contributed by atoms with Gasteiger partial charge in [0.05, 0.1) is 0 Å². The summed E-state index contributed by atoms with van der Waals surface area (Å²) < 4.78 is 0. The minimum Gasteiger partial charge on any atom is -0.306 e. The predicted octanol–water partition coefficient (Wildman–Crippen LogP) is 0.874. The number of amides is 3. The molecule has 1 saturated heterocycles. The summed E-state index contributed by atoms with van der Waals surface area (Å²) in [6.07, 6.45) is 0.0128. The maximum absolute atomic E-state index is 11.9. The second-order valence-electron chi connectivity index (χ2n) is 4.58. The maximum Gasteiger partial charge on any atom is 0.326 e. The Hall–Kier alpha value is -2.21. The van der Waals surface area contributed by atoms with Gasteiger partial charge < -0.3 is 5.73 Å². The van der Waals surface area contributed by atoms with Crippen molar-refractivity contribution in [1.82, 2.24) is 10.2 Å². The Labute approximate surface area is 117 Å². The lowest BCUT2D eigenvalue weighted by Gasteiger charge is -2.33. The Bertz CT molecular complexity index is 527. The Morgan fingerprint density at radius 1 is 1.30 bits per heavy atom. The fraction of sp³-hybridized carbons (Fsp3) is 0.357. The normalized spacial score (nSPS) is 21.2. The van der Waals surface area contributed by atoms with Crippen LogP contribution in [0.4, 0.5) is 4.79 Å². The fourth-order valence-electron chi connectivity index (χ4n) is 1.99. The lowest BCUT2D eigenvalue weighted by molar-refractivity contribution is -0.115. The molecule has 0 spiro atoms. The lowest BCUT2D eigenvalue weighted by atomic mass is 10.1. The molecular formula is C14H18N4O2. The van der Waals surface area contributed by atoms with Crippen molar-refractivity contribution < 1.29 is 9.59 Å². The van der Waals surface area contributed by atoms with Gasteiger partial charge in [-0.1, -0.05) is 37.3 Å². The second-order valence-corrected chi connectivity index (χ2v) is 4.58. The number of carbonyl (C=O) groups excluding carboxylic acids is 2. The van der Waals surface area contributed by atoms with Crippen molar-refractivity contribution in [3.8, 4) is 0 Å². The molecule has 3 N–H and O–H groups in total. The molecule has 0 aliphatic carbocycles. The monoisotopic (exact) mass is 274 g/mol. The Kier molecular flexibility index (Phi) is 4.47. The Morgan fingerprint density at radius 3 is 2.65 bits per heavy atom. The number of imide groups is 1. The highest BCUT2D eigenvalue weighted by atomic mass is 16.2. The zero-order chi connectivity index (χ0) is 14.5. The number of nitrogens with one attached hydrogen (secondary N) is 1. The molecule has 0 radical (unpaired) electrons. The minimum absolute atomic E-state index is 0.211. The molecule has 0 saturated carbocycles. The van der Waals surface area contributed by atoms with Gasteiger partial charge in [-0.3, -0.25) is 20.0 Å². The van der Waals surface area contributed by atoms with Gasteiger partial charge in [-0.2, -0.15) is 0 Å². The van der Waals surface area contributed by atoms with Crippen LogP contribution in [0, 0.1) is 0 Å². The zero-order valence-electron chi connectivity index (χ0n) is 11.4. The van der Waals surface area contributed by atoms with Gasteiger partial charge in [-0.05, 0) is 12.0 Å². The molecule has 1 fully saturated rings. The summed E-state index contributed by atoms with van der Waals surface area (Å²) in [6, 6.07) is 9.00. The summed E-state index contributed by atoms with van der Waals surface area (Å²) in [4.78, 5) is 29.2. The van der Waals surface area contributed by atoms with E-state index in [-0.39, 0.29) is 5.71 Å². The number of nitrogens with zero attached hydrogens (tertiary/aromatic N) is 2. The first-order valence-corrected chi connectivity index (χ1v) is 6.59. The van der Waals surface area contributed by atoms with Crippen molar-refractivity contribution >= 4 is 17.6 Å². The number of hydrogen-bond donors (Lipinski definition) is 2. The first-order chi connectivity index (χ1) is 9.63. The molecule has 20 heavy (non-hydrogen) atoms. The molecule has 3 amide bonds. The van der Waals surface area contributed by atoms with E-state index in [9.17, 15) is 9.59 Å². The van der Waals surface area contributed by atoms with Crippen LogP contribution in [0.1, 0.15) is 18.9 Å². The molecule has 6 heteroatoms. The number of aliphatic imine (C=N–C) groups is 1. The third-order valence-corrected chi connectivity index (χ3v) is 3.03. The fourth-order valence-corrected chi connectivity index (χ4v) is 1.99. The SMILES string of the molecule is CCCN=C1C(=O)NC(=O)N(Cc2ccccc2)C1N. The topological polar surface area (TPSA) is 87.8 Å². The maximum atomic E-state index is 11.9. The van der Waals surface area contributed by atoms with Crippen molar-refractivity contribution in [3.05, 3.63) is 35.9 Å². The molecule has 1 aliphatic heterocycles. The van der Waals surface area contributed by atoms with Crippen LogP contribution in [0.3, 0.4) is 0 Å². The van der Waals surface area contributed by atoms with Crippen molar-refractivity contribution in [2.24, 2.45) is 10.7 Å². The zero-order valence-corrected chi connectivity index (χ0v) is 11.4. The highest BCUT2D eigenvalue weighted by Crippen LogP contribution is 2.11. The smallest absolute Gasteiger partial charge is 0.306 e.